The van der Waals surface area contributed by atoms with Crippen LogP contribution in [-0.2, 0) is 11.3 Å². The highest BCUT2D eigenvalue weighted by molar-refractivity contribution is 5.79. The van der Waals surface area contributed by atoms with Crippen LogP contribution < -0.4 is 5.32 Å². The van der Waals surface area contributed by atoms with E-state index < -0.39 is 5.60 Å². The quantitative estimate of drug-likeness (QED) is 0.607. The number of carbonyl (C=O) groups excluding carboxylic acids is 1. The Hall–Kier alpha value is -2.25. The molecule has 0 aromatic carbocycles. The summed E-state index contributed by atoms with van der Waals surface area (Å²) in [5.41, 5.74) is 0.572. The molecule has 1 aliphatic rings. The first-order chi connectivity index (χ1) is 12.8. The third-order valence-corrected chi connectivity index (χ3v) is 4.63. The maximum absolute atomic E-state index is 12.3. The zero-order valence-electron chi connectivity index (χ0n) is 17.3. The lowest BCUT2D eigenvalue weighted by molar-refractivity contribution is 0.0214. The molecule has 0 aliphatic carbocycles. The first-order valence-electron chi connectivity index (χ1n) is 9.74. The van der Waals surface area contributed by atoms with Gasteiger partial charge in [0.05, 0.1) is 12.2 Å². The van der Waals surface area contributed by atoms with Gasteiger partial charge in [0, 0.05) is 39.4 Å². The number of piperidine rings is 1. The van der Waals surface area contributed by atoms with Crippen LogP contribution in [0.3, 0.4) is 0 Å². The third-order valence-electron chi connectivity index (χ3n) is 4.63. The van der Waals surface area contributed by atoms with Crippen LogP contribution in [-0.4, -0.2) is 70.9 Å². The number of likely N-dealkylation sites (tertiary alicyclic amines) is 1. The number of guanidine groups is 1. The largest absolute Gasteiger partial charge is 0.444 e. The molecule has 0 spiro atoms. The topological polar surface area (TPSA) is 85.9 Å². The highest BCUT2D eigenvalue weighted by Gasteiger charge is 2.27. The van der Waals surface area contributed by atoms with E-state index in [1.54, 1.807) is 6.20 Å². The van der Waals surface area contributed by atoms with Crippen LogP contribution in [0.5, 0.6) is 0 Å². The Labute approximate surface area is 162 Å². The summed E-state index contributed by atoms with van der Waals surface area (Å²) >= 11 is 0. The zero-order valence-corrected chi connectivity index (χ0v) is 17.3. The summed E-state index contributed by atoms with van der Waals surface area (Å²) in [5.74, 6) is 1.39. The Morgan fingerprint density at radius 3 is 2.67 bits per heavy atom. The normalized spacial score (nSPS) is 16.3. The van der Waals surface area contributed by atoms with Gasteiger partial charge in [-0.05, 0) is 52.5 Å². The minimum atomic E-state index is -0.458. The molecule has 1 fully saturated rings. The molecule has 27 heavy (non-hydrogen) atoms. The van der Waals surface area contributed by atoms with E-state index in [4.69, 9.17) is 4.74 Å². The molecule has 8 nitrogen and oxygen atoms in total. The lowest BCUT2D eigenvalue weighted by Gasteiger charge is -2.36. The van der Waals surface area contributed by atoms with E-state index in [1.165, 1.54) is 0 Å². The Bertz CT molecular complexity index is 600. The van der Waals surface area contributed by atoms with Crippen molar-refractivity contribution in [2.75, 3.05) is 33.2 Å². The number of rotatable bonds is 5. The fraction of sp³-hybridized carbons (Fsp3) is 0.737. The van der Waals surface area contributed by atoms with Gasteiger partial charge in [0.15, 0.2) is 5.96 Å². The number of aliphatic imine (C=N–C) groups is 1. The molecule has 2 N–H and O–H groups in total. The van der Waals surface area contributed by atoms with Gasteiger partial charge in [-0.3, -0.25) is 10.1 Å². The zero-order chi connectivity index (χ0) is 19.9. The van der Waals surface area contributed by atoms with Crippen molar-refractivity contribution in [1.82, 2.24) is 25.3 Å². The van der Waals surface area contributed by atoms with Gasteiger partial charge < -0.3 is 19.9 Å². The Balaban J connectivity index is 1.80. The van der Waals surface area contributed by atoms with Crippen molar-refractivity contribution in [2.24, 2.45) is 10.9 Å². The van der Waals surface area contributed by atoms with Crippen LogP contribution in [0.4, 0.5) is 4.79 Å². The summed E-state index contributed by atoms with van der Waals surface area (Å²) in [6.07, 6.45) is 3.59. The number of nitrogens with zero attached hydrogens (tertiary/aromatic N) is 4. The van der Waals surface area contributed by atoms with Crippen LogP contribution >= 0.6 is 0 Å². The van der Waals surface area contributed by atoms with Crippen LogP contribution in [0.1, 0.15) is 46.2 Å². The number of hydrogen-bond donors (Lipinski definition) is 2. The Kier molecular flexibility index (Phi) is 7.50. The van der Waals surface area contributed by atoms with E-state index in [-0.39, 0.29) is 6.09 Å². The molecule has 1 aromatic heterocycles. The smallest absolute Gasteiger partial charge is 0.410 e. The molecule has 8 heteroatoms. The number of aromatic nitrogens is 2. The number of H-pyrrole nitrogens is 1. The second kappa shape index (κ2) is 9.62. The molecule has 0 atom stereocenters. The summed E-state index contributed by atoms with van der Waals surface area (Å²) in [6.45, 7) is 11.7. The van der Waals surface area contributed by atoms with Crippen molar-refractivity contribution in [1.29, 1.82) is 0 Å². The fourth-order valence-electron chi connectivity index (χ4n) is 3.19. The number of hydrogen-bond acceptors (Lipinski definition) is 4. The molecule has 1 saturated heterocycles. The summed E-state index contributed by atoms with van der Waals surface area (Å²) in [7, 11) is 1.81. The molecule has 1 amide bonds. The van der Waals surface area contributed by atoms with Gasteiger partial charge in [-0.1, -0.05) is 0 Å². The number of amides is 1. The Morgan fingerprint density at radius 1 is 1.44 bits per heavy atom. The molecular formula is C19H34N6O2. The van der Waals surface area contributed by atoms with Gasteiger partial charge in [-0.2, -0.15) is 5.10 Å². The standard InChI is InChI=1S/C19H34N6O2/c1-6-24(18(26)27-19(2,3)4)14-15-8-11-25(12-9-15)17(20-5)21-13-16-7-10-22-23-16/h7,10,15H,6,8-9,11-14H2,1-5H3,(H,20,21)(H,22,23). The van der Waals surface area contributed by atoms with Crippen LogP contribution in [0.15, 0.2) is 17.3 Å². The van der Waals surface area contributed by atoms with Gasteiger partial charge in [0.2, 0.25) is 0 Å². The van der Waals surface area contributed by atoms with Crippen LogP contribution in [0, 0.1) is 5.92 Å². The molecule has 2 heterocycles. The Morgan fingerprint density at radius 2 is 2.15 bits per heavy atom. The summed E-state index contributed by atoms with van der Waals surface area (Å²) in [4.78, 5) is 20.8. The van der Waals surface area contributed by atoms with E-state index in [1.807, 2.05) is 45.7 Å². The van der Waals surface area contributed by atoms with Crippen LogP contribution in [0.2, 0.25) is 0 Å². The monoisotopic (exact) mass is 378 g/mol. The van der Waals surface area contributed by atoms with Gasteiger partial charge >= 0.3 is 6.09 Å². The second-order valence-electron chi connectivity index (χ2n) is 7.93. The molecule has 0 saturated carbocycles. The first-order valence-corrected chi connectivity index (χ1v) is 9.74. The van der Waals surface area contributed by atoms with Crippen molar-refractivity contribution >= 4 is 12.1 Å². The second-order valence-corrected chi connectivity index (χ2v) is 7.93. The van der Waals surface area contributed by atoms with Gasteiger partial charge in [-0.15, -0.1) is 0 Å². The van der Waals surface area contributed by atoms with Crippen molar-refractivity contribution in [3.8, 4) is 0 Å². The predicted molar refractivity (Wildman–Crippen MR) is 107 cm³/mol. The lowest BCUT2D eigenvalue weighted by Crippen LogP contribution is -2.47. The number of aromatic amines is 1. The average molecular weight is 379 g/mol. The number of ether oxygens (including phenoxy) is 1. The minimum Gasteiger partial charge on any atom is -0.444 e. The van der Waals surface area contributed by atoms with Gasteiger partial charge in [0.25, 0.3) is 0 Å². The molecule has 152 valence electrons. The average Bonchev–Trinajstić information content (AvgIpc) is 3.13. The van der Waals surface area contributed by atoms with Crippen molar-refractivity contribution in [2.45, 2.75) is 52.7 Å². The highest BCUT2D eigenvalue weighted by atomic mass is 16.6. The van der Waals surface area contributed by atoms with Gasteiger partial charge in [-0.25, -0.2) is 4.79 Å². The molecule has 0 bridgehead atoms. The molecular weight excluding hydrogens is 344 g/mol. The van der Waals surface area contributed by atoms with E-state index in [2.05, 4.69) is 25.4 Å². The highest BCUT2D eigenvalue weighted by Crippen LogP contribution is 2.20. The summed E-state index contributed by atoms with van der Waals surface area (Å²) in [5, 5.41) is 10.3. The van der Waals surface area contributed by atoms with E-state index in [0.29, 0.717) is 19.0 Å². The molecule has 0 unspecified atom stereocenters. The first kappa shape index (κ1) is 21.1. The minimum absolute atomic E-state index is 0.218. The molecule has 1 aromatic rings. The lowest BCUT2D eigenvalue weighted by atomic mass is 9.96. The summed E-state index contributed by atoms with van der Waals surface area (Å²) < 4.78 is 5.52. The fourth-order valence-corrected chi connectivity index (χ4v) is 3.19. The van der Waals surface area contributed by atoms with Crippen molar-refractivity contribution in [3.05, 3.63) is 18.0 Å². The number of carbonyl (C=O) groups is 1. The number of nitrogens with one attached hydrogen (secondary N) is 2. The predicted octanol–water partition coefficient (Wildman–Crippen LogP) is 2.45. The van der Waals surface area contributed by atoms with Gasteiger partial charge in [0.1, 0.15) is 5.60 Å². The molecule has 1 aliphatic heterocycles. The third kappa shape index (κ3) is 6.77. The molecule has 0 radical (unpaired) electrons. The maximum Gasteiger partial charge on any atom is 0.410 e. The van der Waals surface area contributed by atoms with Crippen LogP contribution in [0.25, 0.3) is 0 Å². The summed E-state index contributed by atoms with van der Waals surface area (Å²) in [6, 6.07) is 1.95. The van der Waals surface area contributed by atoms with Crippen molar-refractivity contribution in [3.63, 3.8) is 0 Å². The van der Waals surface area contributed by atoms with Crippen molar-refractivity contribution < 1.29 is 9.53 Å². The van der Waals surface area contributed by atoms with E-state index >= 15 is 0 Å². The maximum atomic E-state index is 12.3. The SMILES string of the molecule is CCN(CC1CCN(C(=NC)NCc2ccn[nH]2)CC1)C(=O)OC(C)(C)C. The van der Waals surface area contributed by atoms with E-state index in [0.717, 1.165) is 44.1 Å². The molecule has 2 rings (SSSR count). The van der Waals surface area contributed by atoms with E-state index in [9.17, 15) is 4.79 Å².